The lowest BCUT2D eigenvalue weighted by molar-refractivity contribution is 0.183. The van der Waals surface area contributed by atoms with Crippen molar-refractivity contribution in [1.82, 2.24) is 9.97 Å². The Morgan fingerprint density at radius 1 is 1.43 bits per heavy atom. The van der Waals surface area contributed by atoms with E-state index in [2.05, 4.69) is 22.3 Å². The summed E-state index contributed by atoms with van der Waals surface area (Å²) in [6.07, 6.45) is 1.56. The SMILES string of the molecule is CON(C)c1ncnc2scc(C)c12. The van der Waals surface area contributed by atoms with Gasteiger partial charge in [-0.3, -0.25) is 4.84 Å². The number of thiophene rings is 1. The Balaban J connectivity index is 2.69. The lowest BCUT2D eigenvalue weighted by Gasteiger charge is -2.15. The second-order valence-electron chi connectivity index (χ2n) is 2.98. The number of fused-ring (bicyclic) bond motifs is 1. The minimum atomic E-state index is 0.816. The van der Waals surface area contributed by atoms with Gasteiger partial charge in [-0.25, -0.2) is 15.0 Å². The van der Waals surface area contributed by atoms with E-state index in [4.69, 9.17) is 4.84 Å². The Kier molecular flexibility index (Phi) is 2.35. The Hall–Kier alpha value is -1.20. The third-order valence-corrected chi connectivity index (χ3v) is 3.11. The average molecular weight is 209 g/mol. The molecule has 0 saturated carbocycles. The summed E-state index contributed by atoms with van der Waals surface area (Å²) >= 11 is 1.62. The van der Waals surface area contributed by atoms with Crippen molar-refractivity contribution in [2.24, 2.45) is 0 Å². The van der Waals surface area contributed by atoms with Crippen LogP contribution in [0.1, 0.15) is 5.56 Å². The maximum Gasteiger partial charge on any atom is 0.164 e. The van der Waals surface area contributed by atoms with E-state index in [9.17, 15) is 0 Å². The molecule has 2 aromatic rings. The Morgan fingerprint density at radius 2 is 2.21 bits per heavy atom. The van der Waals surface area contributed by atoms with E-state index in [0.717, 1.165) is 16.0 Å². The Morgan fingerprint density at radius 3 is 2.93 bits per heavy atom. The summed E-state index contributed by atoms with van der Waals surface area (Å²) in [5.41, 5.74) is 1.18. The fourth-order valence-electron chi connectivity index (χ4n) is 1.32. The average Bonchev–Trinajstić information content (AvgIpc) is 2.59. The molecule has 4 nitrogen and oxygen atoms in total. The van der Waals surface area contributed by atoms with Crippen molar-refractivity contribution in [1.29, 1.82) is 0 Å². The molecule has 0 fully saturated rings. The predicted molar refractivity (Wildman–Crippen MR) is 57.6 cm³/mol. The van der Waals surface area contributed by atoms with Crippen molar-refractivity contribution >= 4 is 27.4 Å². The van der Waals surface area contributed by atoms with Crippen LogP contribution in [0, 0.1) is 6.92 Å². The molecule has 0 aliphatic carbocycles. The maximum atomic E-state index is 5.12. The first-order chi connectivity index (χ1) is 6.74. The highest BCUT2D eigenvalue weighted by atomic mass is 32.1. The van der Waals surface area contributed by atoms with Gasteiger partial charge in [0.15, 0.2) is 5.82 Å². The molecule has 0 unspecified atom stereocenters. The molecule has 0 aliphatic heterocycles. The standard InChI is InChI=1S/C9H11N3OS/c1-6-4-14-9-7(6)8(10-5-11-9)12(2)13-3/h4-5H,1-3H3. The minimum Gasteiger partial charge on any atom is -0.276 e. The van der Waals surface area contributed by atoms with Gasteiger partial charge in [0.05, 0.1) is 12.5 Å². The van der Waals surface area contributed by atoms with Gasteiger partial charge in [-0.1, -0.05) is 0 Å². The molecule has 2 heterocycles. The lowest BCUT2D eigenvalue weighted by atomic mass is 10.2. The van der Waals surface area contributed by atoms with Crippen LogP contribution in [0.25, 0.3) is 10.2 Å². The monoisotopic (exact) mass is 209 g/mol. The van der Waals surface area contributed by atoms with Crippen LogP contribution in [-0.2, 0) is 4.84 Å². The molecule has 74 valence electrons. The molecule has 0 amide bonds. The number of aromatic nitrogens is 2. The molecule has 0 saturated heterocycles. The van der Waals surface area contributed by atoms with Crippen LogP contribution in [0.2, 0.25) is 0 Å². The molecule has 0 bridgehead atoms. The first-order valence-corrected chi connectivity index (χ1v) is 5.08. The van der Waals surface area contributed by atoms with Crippen molar-refractivity contribution in [2.45, 2.75) is 6.92 Å². The number of hydroxylamine groups is 1. The lowest BCUT2D eigenvalue weighted by Crippen LogP contribution is -2.16. The highest BCUT2D eigenvalue weighted by Gasteiger charge is 2.11. The number of anilines is 1. The normalized spacial score (nSPS) is 10.8. The van der Waals surface area contributed by atoms with Crippen molar-refractivity contribution in [3.8, 4) is 0 Å². The number of hydrogen-bond donors (Lipinski definition) is 0. The van der Waals surface area contributed by atoms with Crippen LogP contribution in [0.4, 0.5) is 5.82 Å². The van der Waals surface area contributed by atoms with Crippen molar-refractivity contribution in [3.05, 3.63) is 17.3 Å². The smallest absolute Gasteiger partial charge is 0.164 e. The number of hydrogen-bond acceptors (Lipinski definition) is 5. The van der Waals surface area contributed by atoms with E-state index in [1.807, 2.05) is 7.05 Å². The fourth-order valence-corrected chi connectivity index (χ4v) is 2.21. The molecule has 0 N–H and O–H groups in total. The summed E-state index contributed by atoms with van der Waals surface area (Å²) in [4.78, 5) is 14.5. The first-order valence-electron chi connectivity index (χ1n) is 4.20. The van der Waals surface area contributed by atoms with Gasteiger partial charge < -0.3 is 0 Å². The predicted octanol–water partition coefficient (Wildman–Crippen LogP) is 2.00. The van der Waals surface area contributed by atoms with Crippen molar-refractivity contribution in [3.63, 3.8) is 0 Å². The summed E-state index contributed by atoms with van der Waals surface area (Å²) < 4.78 is 0. The van der Waals surface area contributed by atoms with E-state index in [1.54, 1.807) is 29.8 Å². The third kappa shape index (κ3) is 1.34. The van der Waals surface area contributed by atoms with Gasteiger partial charge in [0.25, 0.3) is 0 Å². The van der Waals surface area contributed by atoms with E-state index in [0.29, 0.717) is 0 Å². The minimum absolute atomic E-state index is 0.816. The maximum absolute atomic E-state index is 5.12. The fraction of sp³-hybridized carbons (Fsp3) is 0.333. The molecule has 2 rings (SSSR count). The van der Waals surface area contributed by atoms with E-state index >= 15 is 0 Å². The van der Waals surface area contributed by atoms with Gasteiger partial charge >= 0.3 is 0 Å². The zero-order chi connectivity index (χ0) is 10.1. The van der Waals surface area contributed by atoms with E-state index in [1.165, 1.54) is 5.56 Å². The van der Waals surface area contributed by atoms with Crippen LogP contribution in [0.5, 0.6) is 0 Å². The van der Waals surface area contributed by atoms with E-state index in [-0.39, 0.29) is 0 Å². The second-order valence-corrected chi connectivity index (χ2v) is 3.83. The summed E-state index contributed by atoms with van der Waals surface area (Å²) in [5, 5.41) is 4.79. The Labute approximate surface area is 86.1 Å². The van der Waals surface area contributed by atoms with Gasteiger partial charge in [0, 0.05) is 7.05 Å². The molecule has 0 spiro atoms. The first kappa shape index (κ1) is 9.36. The summed E-state index contributed by atoms with van der Waals surface area (Å²) in [7, 11) is 3.45. The molecule has 0 atom stereocenters. The number of rotatable bonds is 2. The zero-order valence-electron chi connectivity index (χ0n) is 8.31. The van der Waals surface area contributed by atoms with Crippen molar-refractivity contribution < 1.29 is 4.84 Å². The van der Waals surface area contributed by atoms with Crippen LogP contribution < -0.4 is 5.06 Å². The molecule has 5 heteroatoms. The highest BCUT2D eigenvalue weighted by Crippen LogP contribution is 2.29. The number of nitrogens with zero attached hydrogens (tertiary/aromatic N) is 3. The zero-order valence-corrected chi connectivity index (χ0v) is 9.13. The molecule has 0 aliphatic rings. The molecular formula is C9H11N3OS. The van der Waals surface area contributed by atoms with Crippen LogP contribution >= 0.6 is 11.3 Å². The van der Waals surface area contributed by atoms with Gasteiger partial charge in [-0.05, 0) is 17.9 Å². The molecule has 0 aromatic carbocycles. The molecule has 14 heavy (non-hydrogen) atoms. The highest BCUT2D eigenvalue weighted by molar-refractivity contribution is 7.17. The molecular weight excluding hydrogens is 198 g/mol. The topological polar surface area (TPSA) is 38.2 Å². The van der Waals surface area contributed by atoms with Gasteiger partial charge in [-0.15, -0.1) is 11.3 Å². The quantitative estimate of drug-likeness (QED) is 0.709. The van der Waals surface area contributed by atoms with Gasteiger partial charge in [0.2, 0.25) is 0 Å². The molecule has 0 radical (unpaired) electrons. The summed E-state index contributed by atoms with van der Waals surface area (Å²) in [6, 6.07) is 0. The summed E-state index contributed by atoms with van der Waals surface area (Å²) in [5.74, 6) is 0.816. The largest absolute Gasteiger partial charge is 0.276 e. The second kappa shape index (κ2) is 3.51. The molecule has 2 aromatic heterocycles. The van der Waals surface area contributed by atoms with Gasteiger partial charge in [-0.2, -0.15) is 0 Å². The van der Waals surface area contributed by atoms with Crippen LogP contribution in [-0.4, -0.2) is 24.1 Å². The summed E-state index contributed by atoms with van der Waals surface area (Å²) in [6.45, 7) is 2.05. The Bertz CT molecular complexity index is 454. The number of aryl methyl sites for hydroxylation is 1. The van der Waals surface area contributed by atoms with Crippen LogP contribution in [0.3, 0.4) is 0 Å². The van der Waals surface area contributed by atoms with Crippen molar-refractivity contribution in [2.75, 3.05) is 19.2 Å². The third-order valence-electron chi connectivity index (χ3n) is 2.11. The van der Waals surface area contributed by atoms with Gasteiger partial charge in [0.1, 0.15) is 11.2 Å². The van der Waals surface area contributed by atoms with E-state index < -0.39 is 0 Å². The van der Waals surface area contributed by atoms with Crippen LogP contribution in [0.15, 0.2) is 11.7 Å².